The Balaban J connectivity index is 1.46. The van der Waals surface area contributed by atoms with E-state index >= 15 is 0 Å². The average molecular weight is 674 g/mol. The molecule has 248 valence electrons. The third-order valence-corrected chi connectivity index (χ3v) is 10.2. The molecule has 3 aliphatic heterocycles. The van der Waals surface area contributed by atoms with Crippen molar-refractivity contribution in [1.82, 2.24) is 14.0 Å². The second kappa shape index (κ2) is 12.5. The molecule has 0 saturated carbocycles. The quantitative estimate of drug-likeness (QED) is 0.199. The third kappa shape index (κ3) is 5.52. The highest BCUT2D eigenvalue weighted by atomic mass is 35.5. The van der Waals surface area contributed by atoms with E-state index in [2.05, 4.69) is 19.1 Å². The lowest BCUT2D eigenvalue weighted by Crippen LogP contribution is -2.43. The Morgan fingerprint density at radius 2 is 1.71 bits per heavy atom. The monoisotopic (exact) mass is 673 g/mol. The van der Waals surface area contributed by atoms with Crippen LogP contribution in [0, 0.1) is 18.3 Å². The van der Waals surface area contributed by atoms with Crippen molar-refractivity contribution in [3.05, 3.63) is 117 Å². The van der Waals surface area contributed by atoms with Gasteiger partial charge in [0, 0.05) is 71.2 Å². The summed E-state index contributed by atoms with van der Waals surface area (Å²) >= 11 is 6.57. The summed E-state index contributed by atoms with van der Waals surface area (Å²) in [5.41, 5.74) is 7.36. The van der Waals surface area contributed by atoms with Crippen LogP contribution in [-0.2, 0) is 33.5 Å². The molecule has 2 aromatic heterocycles. The molecule has 0 saturated heterocycles. The van der Waals surface area contributed by atoms with Gasteiger partial charge in [0.15, 0.2) is 0 Å². The third-order valence-electron chi connectivity index (χ3n) is 9.93. The minimum atomic E-state index is -0.320. The van der Waals surface area contributed by atoms with Gasteiger partial charge in [-0.3, -0.25) is 14.5 Å². The fraction of sp³-hybridized carbons (Fsp3) is 0.256. The Morgan fingerprint density at radius 1 is 0.939 bits per heavy atom. The van der Waals surface area contributed by atoms with Gasteiger partial charge in [-0.05, 0) is 99.3 Å². The number of ether oxygens (including phenoxy) is 1. The van der Waals surface area contributed by atoms with Gasteiger partial charge in [-0.2, -0.15) is 5.26 Å². The minimum Gasteiger partial charge on any atom is -0.508 e. The number of aromatic hydroxyl groups is 1. The fourth-order valence-electron chi connectivity index (χ4n) is 7.12. The van der Waals surface area contributed by atoms with Gasteiger partial charge in [0.1, 0.15) is 23.3 Å². The van der Waals surface area contributed by atoms with Crippen LogP contribution in [0.5, 0.6) is 11.5 Å². The highest BCUT2D eigenvalue weighted by molar-refractivity contribution is 6.31. The largest absolute Gasteiger partial charge is 0.508 e. The maximum atomic E-state index is 14.9. The van der Waals surface area contributed by atoms with Crippen molar-refractivity contribution in [1.29, 1.82) is 5.26 Å². The number of rotatable bonds is 1. The van der Waals surface area contributed by atoms with Crippen molar-refractivity contribution in [3.8, 4) is 28.8 Å². The number of fused-ring (bicyclic) bond motifs is 5. The van der Waals surface area contributed by atoms with Crippen LogP contribution in [0.3, 0.4) is 0 Å². The number of carbonyl (C=O) groups excluding carboxylic acids is 2. The van der Waals surface area contributed by atoms with Crippen molar-refractivity contribution < 1.29 is 19.4 Å². The number of hydrogen-bond acceptors (Lipinski definition) is 5. The lowest BCUT2D eigenvalue weighted by atomic mass is 9.92. The lowest BCUT2D eigenvalue weighted by Gasteiger charge is -2.36. The van der Waals surface area contributed by atoms with Crippen LogP contribution >= 0.6 is 11.6 Å². The van der Waals surface area contributed by atoms with Gasteiger partial charge >= 0.3 is 0 Å². The molecule has 6 bridgehead atoms. The molecule has 5 aromatic rings. The Labute approximate surface area is 290 Å². The highest BCUT2D eigenvalue weighted by Gasteiger charge is 2.33. The van der Waals surface area contributed by atoms with Crippen LogP contribution in [0.2, 0.25) is 5.02 Å². The second-order valence-electron chi connectivity index (χ2n) is 12.8. The van der Waals surface area contributed by atoms with Crippen LogP contribution in [0.4, 0.5) is 11.4 Å². The molecule has 5 heterocycles. The van der Waals surface area contributed by atoms with Gasteiger partial charge < -0.3 is 23.9 Å². The van der Waals surface area contributed by atoms with E-state index in [1.165, 1.54) is 12.1 Å². The Hall–Kier alpha value is -5.46. The summed E-state index contributed by atoms with van der Waals surface area (Å²) in [6, 6.07) is 23.4. The van der Waals surface area contributed by atoms with E-state index in [1.54, 1.807) is 41.3 Å². The first-order valence-corrected chi connectivity index (χ1v) is 16.7. The number of nitrogens with zero attached hydrogens (tertiary/aromatic N) is 5. The van der Waals surface area contributed by atoms with Gasteiger partial charge in [0.25, 0.3) is 11.8 Å². The summed E-state index contributed by atoms with van der Waals surface area (Å²) in [7, 11) is 3.70. The second-order valence-corrected chi connectivity index (χ2v) is 13.2. The summed E-state index contributed by atoms with van der Waals surface area (Å²) in [4.78, 5) is 32.8. The van der Waals surface area contributed by atoms with Gasteiger partial charge in [-0.1, -0.05) is 23.7 Å². The molecule has 10 heteroatoms. The minimum absolute atomic E-state index is 0.0668. The van der Waals surface area contributed by atoms with Crippen LogP contribution in [0.25, 0.3) is 11.3 Å². The van der Waals surface area contributed by atoms with Crippen molar-refractivity contribution >= 4 is 34.8 Å². The van der Waals surface area contributed by atoms with Crippen molar-refractivity contribution in [2.45, 2.75) is 45.7 Å². The SMILES string of the molecule is Cc1c2cc(n1C)-c1cc(Cl)ccc1C(=O)N1Cc3cccc(c3CC1C)OCCCc1c(cc(C#N)n1C)N(c1ccc(O)cc1)C2=O. The van der Waals surface area contributed by atoms with Gasteiger partial charge in [-0.25, -0.2) is 0 Å². The van der Waals surface area contributed by atoms with Crippen LogP contribution in [0.1, 0.15) is 62.3 Å². The van der Waals surface area contributed by atoms with E-state index in [0.29, 0.717) is 82.6 Å². The number of phenolic OH excluding ortho intramolecular Hbond substituents is 1. The Kier molecular flexibility index (Phi) is 8.21. The van der Waals surface area contributed by atoms with Gasteiger partial charge in [-0.15, -0.1) is 0 Å². The van der Waals surface area contributed by atoms with E-state index in [9.17, 15) is 20.0 Å². The number of carbonyl (C=O) groups is 2. The first-order chi connectivity index (χ1) is 23.6. The molecule has 1 unspecified atom stereocenters. The molecule has 2 amide bonds. The number of phenols is 1. The molecule has 8 rings (SSSR count). The highest BCUT2D eigenvalue weighted by Crippen LogP contribution is 2.39. The lowest BCUT2D eigenvalue weighted by molar-refractivity contribution is 0.0657. The molecule has 0 radical (unpaired) electrons. The first-order valence-electron chi connectivity index (χ1n) is 16.3. The smallest absolute Gasteiger partial charge is 0.264 e. The van der Waals surface area contributed by atoms with Crippen molar-refractivity contribution in [3.63, 3.8) is 0 Å². The van der Waals surface area contributed by atoms with Crippen molar-refractivity contribution in [2.24, 2.45) is 14.1 Å². The molecule has 3 aromatic carbocycles. The van der Waals surface area contributed by atoms with E-state index in [1.807, 2.05) is 53.3 Å². The number of hydrogen-bond donors (Lipinski definition) is 1. The molecule has 1 N–H and O–H groups in total. The molecule has 0 spiro atoms. The van der Waals surface area contributed by atoms with Crippen LogP contribution in [0.15, 0.2) is 72.8 Å². The zero-order valence-electron chi connectivity index (χ0n) is 27.8. The Morgan fingerprint density at radius 3 is 2.47 bits per heavy atom. The van der Waals surface area contributed by atoms with E-state index in [-0.39, 0.29) is 23.6 Å². The van der Waals surface area contributed by atoms with Crippen molar-refractivity contribution in [2.75, 3.05) is 11.5 Å². The number of nitriles is 1. The normalized spacial score (nSPS) is 16.3. The zero-order chi connectivity index (χ0) is 34.6. The summed E-state index contributed by atoms with van der Waals surface area (Å²) < 4.78 is 10.1. The molecular weight excluding hydrogens is 638 g/mol. The maximum absolute atomic E-state index is 14.9. The predicted molar refractivity (Wildman–Crippen MR) is 189 cm³/mol. The summed E-state index contributed by atoms with van der Waals surface area (Å²) in [6.45, 7) is 4.79. The standard InChI is InChI=1S/C39H36ClN5O4/c1-23-17-32-25-7-5-9-37(32)49-16-6-8-34-36(19-28(21-41)43(34)4)45(27-11-13-29(46)14-12-27)39(48)31-20-35(42(3)24(31)2)33-18-26(40)10-15-30(33)38(47)44(23)22-25/h5,7,9-15,18-20,23,46H,6,8,16-17,22H2,1-4H3. The average Bonchev–Trinajstić information content (AvgIpc) is 3.57. The predicted octanol–water partition coefficient (Wildman–Crippen LogP) is 7.46. The first kappa shape index (κ1) is 32.1. The number of benzene rings is 3. The molecule has 1 atom stereocenters. The summed E-state index contributed by atoms with van der Waals surface area (Å²) in [6.07, 6.45) is 1.81. The number of anilines is 2. The van der Waals surface area contributed by atoms with E-state index < -0.39 is 0 Å². The zero-order valence-corrected chi connectivity index (χ0v) is 28.6. The molecule has 3 aliphatic rings. The topological polar surface area (TPSA) is 104 Å². The fourth-order valence-corrected chi connectivity index (χ4v) is 7.29. The van der Waals surface area contributed by atoms with Gasteiger partial charge in [0.2, 0.25) is 0 Å². The maximum Gasteiger partial charge on any atom is 0.264 e. The molecule has 0 aliphatic carbocycles. The molecular formula is C39H36ClN5O4. The molecule has 49 heavy (non-hydrogen) atoms. The van der Waals surface area contributed by atoms with Crippen LogP contribution < -0.4 is 9.64 Å². The van der Waals surface area contributed by atoms with E-state index in [4.69, 9.17) is 16.3 Å². The summed E-state index contributed by atoms with van der Waals surface area (Å²) in [5.74, 6) is 0.430. The van der Waals surface area contributed by atoms with E-state index in [0.717, 1.165) is 22.6 Å². The molecule has 9 nitrogen and oxygen atoms in total. The van der Waals surface area contributed by atoms with Gasteiger partial charge in [0.05, 0.1) is 17.9 Å². The Bertz CT molecular complexity index is 2170. The number of amides is 2. The number of halogens is 1. The van der Waals surface area contributed by atoms with Crippen LogP contribution in [-0.4, -0.2) is 43.6 Å². The summed E-state index contributed by atoms with van der Waals surface area (Å²) in [5, 5.41) is 20.7. The molecule has 0 fully saturated rings. The number of aromatic nitrogens is 2.